The summed E-state index contributed by atoms with van der Waals surface area (Å²) >= 11 is 0. The average molecular weight is 438 g/mol. The first kappa shape index (κ1) is 23.8. The molecule has 0 radical (unpaired) electrons. The molecule has 6 heteroatoms. The first-order valence-electron chi connectivity index (χ1n) is 11.7. The van der Waals surface area contributed by atoms with Gasteiger partial charge in [0, 0.05) is 37.3 Å². The largest absolute Gasteiger partial charge is 0.493 e. The molecule has 2 aromatic rings. The van der Waals surface area contributed by atoms with Gasteiger partial charge in [0.25, 0.3) is 5.91 Å². The second kappa shape index (κ2) is 12.9. The molecule has 2 N–H and O–H groups in total. The molecule has 0 aliphatic carbocycles. The molecule has 0 fully saturated rings. The van der Waals surface area contributed by atoms with Gasteiger partial charge in [0.1, 0.15) is 5.75 Å². The summed E-state index contributed by atoms with van der Waals surface area (Å²) in [7, 11) is 0. The van der Waals surface area contributed by atoms with Gasteiger partial charge in [-0.05, 0) is 43.4 Å². The number of carbonyl (C=O) groups excluding carboxylic acids is 2. The number of ether oxygens (including phenoxy) is 1. The van der Waals surface area contributed by atoms with Gasteiger partial charge in [0.15, 0.2) is 0 Å². The van der Waals surface area contributed by atoms with E-state index in [0.29, 0.717) is 44.9 Å². The van der Waals surface area contributed by atoms with Crippen LogP contribution in [0.15, 0.2) is 48.5 Å². The molecule has 0 saturated heterocycles. The van der Waals surface area contributed by atoms with Crippen LogP contribution in [0.2, 0.25) is 0 Å². The molecule has 1 aliphatic heterocycles. The Balaban J connectivity index is 1.82. The molecule has 0 aromatic heterocycles. The number of amides is 2. The van der Waals surface area contributed by atoms with Gasteiger partial charge in [0.05, 0.1) is 13.2 Å². The van der Waals surface area contributed by atoms with E-state index in [9.17, 15) is 9.59 Å². The van der Waals surface area contributed by atoms with Crippen LogP contribution in [0.4, 0.5) is 0 Å². The van der Waals surface area contributed by atoms with Crippen molar-refractivity contribution in [3.05, 3.63) is 65.2 Å². The van der Waals surface area contributed by atoms with Crippen molar-refractivity contribution in [2.75, 3.05) is 26.2 Å². The molecule has 1 aliphatic rings. The Hall–Kier alpha value is -2.86. The van der Waals surface area contributed by atoms with Crippen LogP contribution in [0.5, 0.6) is 5.75 Å². The number of unbranched alkanes of at least 4 members (excludes halogenated alkanes) is 1. The number of hydrogen-bond donors (Lipinski definition) is 2. The Morgan fingerprint density at radius 1 is 1.09 bits per heavy atom. The van der Waals surface area contributed by atoms with Crippen molar-refractivity contribution in [1.29, 1.82) is 0 Å². The number of rotatable bonds is 6. The van der Waals surface area contributed by atoms with Crippen LogP contribution < -0.4 is 15.4 Å². The molecule has 0 bridgehead atoms. The average Bonchev–Trinajstić information content (AvgIpc) is 2.81. The summed E-state index contributed by atoms with van der Waals surface area (Å²) in [5, 5.41) is 6.01. The fraction of sp³-hybridized carbons (Fsp3) is 0.462. The van der Waals surface area contributed by atoms with Crippen molar-refractivity contribution in [2.45, 2.75) is 52.1 Å². The van der Waals surface area contributed by atoms with Crippen molar-refractivity contribution in [1.82, 2.24) is 15.5 Å². The summed E-state index contributed by atoms with van der Waals surface area (Å²) in [5.74, 6) is 0.689. The first-order chi connectivity index (χ1) is 15.7. The van der Waals surface area contributed by atoms with Gasteiger partial charge in [-0.2, -0.15) is 0 Å². The Bertz CT molecular complexity index is 870. The highest BCUT2D eigenvalue weighted by molar-refractivity contribution is 5.94. The topological polar surface area (TPSA) is 70.7 Å². The molecular weight excluding hydrogens is 402 g/mol. The Morgan fingerprint density at radius 2 is 1.94 bits per heavy atom. The highest BCUT2D eigenvalue weighted by Crippen LogP contribution is 2.24. The molecule has 32 heavy (non-hydrogen) atoms. The van der Waals surface area contributed by atoms with Crippen molar-refractivity contribution in [3.8, 4) is 5.75 Å². The number of carbonyl (C=O) groups is 2. The third-order valence-corrected chi connectivity index (χ3v) is 5.56. The van der Waals surface area contributed by atoms with Gasteiger partial charge < -0.3 is 15.4 Å². The van der Waals surface area contributed by atoms with Crippen LogP contribution in [0, 0.1) is 0 Å². The summed E-state index contributed by atoms with van der Waals surface area (Å²) in [6.45, 7) is 5.60. The maximum Gasteiger partial charge on any atom is 0.251 e. The molecule has 0 unspecified atom stereocenters. The van der Waals surface area contributed by atoms with Crippen LogP contribution in [0.25, 0.3) is 0 Å². The molecule has 172 valence electrons. The van der Waals surface area contributed by atoms with Crippen LogP contribution in [-0.4, -0.2) is 43.0 Å². The second-order valence-electron chi connectivity index (χ2n) is 8.32. The first-order valence-corrected chi connectivity index (χ1v) is 11.7. The lowest BCUT2D eigenvalue weighted by atomic mass is 10.1. The van der Waals surface area contributed by atoms with E-state index in [1.54, 1.807) is 0 Å². The summed E-state index contributed by atoms with van der Waals surface area (Å²) in [4.78, 5) is 27.2. The lowest BCUT2D eigenvalue weighted by Gasteiger charge is -2.23. The van der Waals surface area contributed by atoms with Crippen LogP contribution in [0.1, 0.15) is 60.5 Å². The van der Waals surface area contributed by atoms with Gasteiger partial charge in [-0.25, -0.2) is 0 Å². The van der Waals surface area contributed by atoms with Gasteiger partial charge in [0.2, 0.25) is 5.91 Å². The summed E-state index contributed by atoms with van der Waals surface area (Å²) in [6, 6.07) is 15.8. The smallest absolute Gasteiger partial charge is 0.251 e. The molecule has 2 aromatic carbocycles. The van der Waals surface area contributed by atoms with E-state index >= 15 is 0 Å². The number of hydrogen-bond acceptors (Lipinski definition) is 4. The van der Waals surface area contributed by atoms with E-state index in [2.05, 4.69) is 34.6 Å². The molecule has 2 amide bonds. The van der Waals surface area contributed by atoms with Gasteiger partial charge in [-0.1, -0.05) is 49.7 Å². The molecular formula is C26H35N3O3. The van der Waals surface area contributed by atoms with Crippen molar-refractivity contribution in [3.63, 3.8) is 0 Å². The Labute approximate surface area is 191 Å². The molecule has 3 rings (SSSR count). The Kier molecular flexibility index (Phi) is 9.57. The summed E-state index contributed by atoms with van der Waals surface area (Å²) in [6.07, 6.45) is 4.83. The van der Waals surface area contributed by atoms with E-state index in [-0.39, 0.29) is 11.8 Å². The third kappa shape index (κ3) is 7.68. The van der Waals surface area contributed by atoms with Crippen LogP contribution >= 0.6 is 0 Å². The SMILES string of the molecule is CCCCNC(=O)c1ccc2c(c1)OCCCCCNC(=O)CN(Cc1ccccc1)C2. The van der Waals surface area contributed by atoms with E-state index in [4.69, 9.17) is 4.74 Å². The zero-order valence-electron chi connectivity index (χ0n) is 19.1. The molecule has 1 heterocycles. The lowest BCUT2D eigenvalue weighted by molar-refractivity contribution is -0.122. The number of nitrogens with zero attached hydrogens (tertiary/aromatic N) is 1. The van der Waals surface area contributed by atoms with E-state index in [0.717, 1.165) is 49.0 Å². The highest BCUT2D eigenvalue weighted by atomic mass is 16.5. The maximum absolute atomic E-state index is 12.5. The minimum atomic E-state index is -0.0757. The fourth-order valence-corrected chi connectivity index (χ4v) is 3.76. The zero-order chi connectivity index (χ0) is 22.6. The van der Waals surface area contributed by atoms with E-state index in [1.165, 1.54) is 0 Å². The van der Waals surface area contributed by atoms with Crippen molar-refractivity contribution < 1.29 is 14.3 Å². The molecule has 0 saturated carbocycles. The number of benzene rings is 2. The van der Waals surface area contributed by atoms with Crippen LogP contribution in [-0.2, 0) is 17.9 Å². The minimum absolute atomic E-state index is 0.0366. The van der Waals surface area contributed by atoms with Crippen molar-refractivity contribution in [2.24, 2.45) is 0 Å². The zero-order valence-corrected chi connectivity index (χ0v) is 19.1. The third-order valence-electron chi connectivity index (χ3n) is 5.56. The minimum Gasteiger partial charge on any atom is -0.493 e. The number of fused-ring (bicyclic) bond motifs is 1. The van der Waals surface area contributed by atoms with Crippen LogP contribution in [0.3, 0.4) is 0 Å². The number of nitrogens with one attached hydrogen (secondary N) is 2. The monoisotopic (exact) mass is 437 g/mol. The lowest BCUT2D eigenvalue weighted by Crippen LogP contribution is -2.37. The molecule has 6 nitrogen and oxygen atoms in total. The second-order valence-corrected chi connectivity index (χ2v) is 8.32. The van der Waals surface area contributed by atoms with Gasteiger partial charge >= 0.3 is 0 Å². The van der Waals surface area contributed by atoms with Crippen molar-refractivity contribution >= 4 is 11.8 Å². The standard InChI is InChI=1S/C26H35N3O3/c1-2-3-14-28-26(31)22-12-13-23-19-29(18-21-10-6-4-7-11-21)20-25(30)27-15-8-5-9-16-32-24(23)17-22/h4,6-7,10-13,17H,2-3,5,8-9,14-16,18-20H2,1H3,(H,27,30)(H,28,31). The fourth-order valence-electron chi connectivity index (χ4n) is 3.76. The highest BCUT2D eigenvalue weighted by Gasteiger charge is 2.17. The van der Waals surface area contributed by atoms with Gasteiger partial charge in [-0.15, -0.1) is 0 Å². The molecule has 0 spiro atoms. The predicted octanol–water partition coefficient (Wildman–Crippen LogP) is 3.90. The predicted molar refractivity (Wildman–Crippen MR) is 127 cm³/mol. The summed E-state index contributed by atoms with van der Waals surface area (Å²) in [5.41, 5.74) is 2.74. The Morgan fingerprint density at radius 3 is 2.75 bits per heavy atom. The normalized spacial score (nSPS) is 15.8. The van der Waals surface area contributed by atoms with E-state index < -0.39 is 0 Å². The quantitative estimate of drug-likeness (QED) is 0.673. The maximum atomic E-state index is 12.5. The summed E-state index contributed by atoms with van der Waals surface area (Å²) < 4.78 is 6.13. The molecule has 0 atom stereocenters. The van der Waals surface area contributed by atoms with Gasteiger partial charge in [-0.3, -0.25) is 14.5 Å². The van der Waals surface area contributed by atoms with E-state index in [1.807, 2.05) is 36.4 Å².